The molecule has 1 aromatic rings. The molecule has 1 aliphatic rings. The molecule has 0 spiro atoms. The molecule has 0 bridgehead atoms. The minimum atomic E-state index is -1.01. The van der Waals surface area contributed by atoms with Gasteiger partial charge in [0.25, 0.3) is 0 Å². The van der Waals surface area contributed by atoms with Crippen LogP contribution in [0.3, 0.4) is 0 Å². The van der Waals surface area contributed by atoms with Gasteiger partial charge in [-0.1, -0.05) is 6.07 Å². The second-order valence-corrected chi connectivity index (χ2v) is 8.95. The lowest BCUT2D eigenvalue weighted by Gasteiger charge is -2.27. The van der Waals surface area contributed by atoms with Crippen molar-refractivity contribution in [2.45, 2.75) is 71.4 Å². The number of unbranched alkanes of at least 4 members (excludes halogenated alkanes) is 1. The number of carboxylic acids is 1. The predicted molar refractivity (Wildman–Crippen MR) is 134 cm³/mol. The van der Waals surface area contributed by atoms with Crippen LogP contribution in [-0.4, -0.2) is 90.4 Å². The highest BCUT2D eigenvalue weighted by Gasteiger charge is 2.23. The highest BCUT2D eigenvalue weighted by Crippen LogP contribution is 2.20. The van der Waals surface area contributed by atoms with Crippen molar-refractivity contribution in [2.75, 3.05) is 51.7 Å². The van der Waals surface area contributed by atoms with Gasteiger partial charge >= 0.3 is 12.0 Å². The van der Waals surface area contributed by atoms with E-state index < -0.39 is 12.0 Å². The fraction of sp³-hybridized carbons (Fsp3) is 0.720. The number of rotatable bonds is 15. The Morgan fingerprint density at radius 1 is 1.24 bits per heavy atom. The first-order valence-corrected chi connectivity index (χ1v) is 12.6. The van der Waals surface area contributed by atoms with E-state index in [9.17, 15) is 14.7 Å². The molecule has 1 aromatic heterocycles. The van der Waals surface area contributed by atoms with Crippen molar-refractivity contribution in [3.8, 4) is 0 Å². The third-order valence-corrected chi connectivity index (χ3v) is 6.41. The maximum Gasteiger partial charge on any atom is 0.326 e. The molecule has 0 saturated carbocycles. The standard InChI is InChI=1S/C25H43N5O4/c1-5-30(6-2)25(33)28-22(24(31)32)14-17-29(18-19(3)34-4)16-8-7-11-21-13-12-20-10-9-15-26-23(20)27-21/h12-13,19,22H,5-11,14-18H2,1-4H3,(H,26,27)(H,28,33)(H,31,32). The van der Waals surface area contributed by atoms with Crippen LogP contribution in [0.4, 0.5) is 10.6 Å². The van der Waals surface area contributed by atoms with E-state index in [1.165, 1.54) is 5.56 Å². The van der Waals surface area contributed by atoms with Gasteiger partial charge in [0.15, 0.2) is 0 Å². The number of aromatic nitrogens is 1. The molecule has 192 valence electrons. The third kappa shape index (κ3) is 9.10. The average molecular weight is 478 g/mol. The zero-order chi connectivity index (χ0) is 24.9. The molecule has 2 atom stereocenters. The van der Waals surface area contributed by atoms with Gasteiger partial charge in [-0.15, -0.1) is 0 Å². The maximum atomic E-state index is 12.3. The number of anilines is 1. The molecule has 0 fully saturated rings. The average Bonchev–Trinajstić information content (AvgIpc) is 2.84. The number of nitrogens with zero attached hydrogens (tertiary/aromatic N) is 3. The summed E-state index contributed by atoms with van der Waals surface area (Å²) in [4.78, 5) is 32.7. The molecule has 9 nitrogen and oxygen atoms in total. The van der Waals surface area contributed by atoms with Gasteiger partial charge in [0.1, 0.15) is 11.9 Å². The Kier molecular flexibility index (Phi) is 12.1. The number of nitrogens with one attached hydrogen (secondary N) is 2. The summed E-state index contributed by atoms with van der Waals surface area (Å²) in [6, 6.07) is 3.07. The quantitative estimate of drug-likeness (QED) is 0.333. The van der Waals surface area contributed by atoms with Crippen LogP contribution < -0.4 is 10.6 Å². The van der Waals surface area contributed by atoms with Crippen molar-refractivity contribution in [1.29, 1.82) is 0 Å². The number of aryl methyl sites for hydroxylation is 2. The number of methoxy groups -OCH3 is 1. The lowest BCUT2D eigenvalue weighted by Crippen LogP contribution is -2.49. The topological polar surface area (TPSA) is 107 Å². The number of hydrogen-bond donors (Lipinski definition) is 3. The second kappa shape index (κ2) is 14.8. The zero-order valence-corrected chi connectivity index (χ0v) is 21.3. The molecule has 0 aromatic carbocycles. The maximum absolute atomic E-state index is 12.3. The van der Waals surface area contributed by atoms with Gasteiger partial charge in [0.2, 0.25) is 0 Å². The van der Waals surface area contributed by atoms with Crippen molar-refractivity contribution in [2.24, 2.45) is 0 Å². The Balaban J connectivity index is 1.86. The highest BCUT2D eigenvalue weighted by atomic mass is 16.5. The summed E-state index contributed by atoms with van der Waals surface area (Å²) >= 11 is 0. The van der Waals surface area contributed by atoms with Gasteiger partial charge in [0, 0.05) is 45.5 Å². The third-order valence-electron chi connectivity index (χ3n) is 6.41. The zero-order valence-electron chi connectivity index (χ0n) is 21.3. The van der Waals surface area contributed by atoms with Gasteiger partial charge in [-0.05, 0) is 77.5 Å². The van der Waals surface area contributed by atoms with E-state index in [2.05, 4.69) is 27.7 Å². The van der Waals surface area contributed by atoms with Crippen LogP contribution in [0.2, 0.25) is 0 Å². The van der Waals surface area contributed by atoms with Gasteiger partial charge in [0.05, 0.1) is 6.10 Å². The molecule has 0 aliphatic carbocycles. The number of fused-ring (bicyclic) bond motifs is 1. The monoisotopic (exact) mass is 477 g/mol. The van der Waals surface area contributed by atoms with E-state index in [4.69, 9.17) is 9.72 Å². The number of hydrogen-bond acceptors (Lipinski definition) is 6. The lowest BCUT2D eigenvalue weighted by atomic mass is 10.1. The molecule has 2 amide bonds. The number of carbonyl (C=O) groups is 2. The van der Waals surface area contributed by atoms with Crippen LogP contribution in [0, 0.1) is 0 Å². The number of carboxylic acid groups (broad SMARTS) is 1. The smallest absolute Gasteiger partial charge is 0.326 e. The summed E-state index contributed by atoms with van der Waals surface area (Å²) in [6.45, 7) is 9.97. The minimum Gasteiger partial charge on any atom is -0.480 e. The Morgan fingerprint density at radius 3 is 2.68 bits per heavy atom. The van der Waals surface area contributed by atoms with Crippen LogP contribution >= 0.6 is 0 Å². The largest absolute Gasteiger partial charge is 0.480 e. The first-order chi connectivity index (χ1) is 16.4. The number of urea groups is 1. The fourth-order valence-electron chi connectivity index (χ4n) is 4.20. The Hall–Kier alpha value is -2.39. The van der Waals surface area contributed by atoms with Gasteiger partial charge < -0.3 is 30.3 Å². The number of carbonyl (C=O) groups excluding carboxylic acids is 1. The lowest BCUT2D eigenvalue weighted by molar-refractivity contribution is -0.139. The molecule has 3 N–H and O–H groups in total. The van der Waals surface area contributed by atoms with Crippen molar-refractivity contribution in [3.05, 3.63) is 23.4 Å². The molecular formula is C25H43N5O4. The van der Waals surface area contributed by atoms with E-state index in [1.54, 1.807) is 12.0 Å². The predicted octanol–water partition coefficient (Wildman–Crippen LogP) is 2.99. The van der Waals surface area contributed by atoms with Crippen molar-refractivity contribution >= 4 is 17.8 Å². The van der Waals surface area contributed by atoms with E-state index in [1.807, 2.05) is 20.8 Å². The Morgan fingerprint density at radius 2 is 2.00 bits per heavy atom. The van der Waals surface area contributed by atoms with Crippen molar-refractivity contribution in [1.82, 2.24) is 20.1 Å². The summed E-state index contributed by atoms with van der Waals surface area (Å²) in [5.74, 6) is 0.0260. The Bertz CT molecular complexity index is 772. The normalized spacial score (nSPS) is 14.7. The summed E-state index contributed by atoms with van der Waals surface area (Å²) in [7, 11) is 1.68. The molecule has 2 heterocycles. The van der Waals surface area contributed by atoms with Crippen LogP contribution in [0.25, 0.3) is 0 Å². The fourth-order valence-corrected chi connectivity index (χ4v) is 4.20. The molecule has 1 aliphatic heterocycles. The van der Waals surface area contributed by atoms with E-state index in [-0.39, 0.29) is 12.1 Å². The van der Waals surface area contributed by atoms with E-state index in [0.717, 1.165) is 56.7 Å². The second-order valence-electron chi connectivity index (χ2n) is 8.95. The number of pyridine rings is 1. The van der Waals surface area contributed by atoms with Crippen LogP contribution in [-0.2, 0) is 22.4 Å². The summed E-state index contributed by atoms with van der Waals surface area (Å²) in [5.41, 5.74) is 2.41. The van der Waals surface area contributed by atoms with E-state index >= 15 is 0 Å². The first kappa shape index (κ1) is 27.9. The Labute approximate surface area is 204 Å². The molecule has 9 heteroatoms. The SMILES string of the molecule is CCN(CC)C(=O)NC(CCN(CCCCc1ccc2c(n1)NCCC2)CC(C)OC)C(=O)O. The highest BCUT2D eigenvalue weighted by molar-refractivity contribution is 5.82. The van der Waals surface area contributed by atoms with Crippen molar-refractivity contribution in [3.63, 3.8) is 0 Å². The summed E-state index contributed by atoms with van der Waals surface area (Å²) in [6.07, 6.45) is 5.54. The van der Waals surface area contributed by atoms with Gasteiger partial charge in [-0.2, -0.15) is 0 Å². The molecular weight excluding hydrogens is 434 g/mol. The number of aliphatic carboxylic acids is 1. The minimum absolute atomic E-state index is 0.0435. The van der Waals surface area contributed by atoms with Crippen LogP contribution in [0.15, 0.2) is 12.1 Å². The van der Waals surface area contributed by atoms with Crippen LogP contribution in [0.1, 0.15) is 57.7 Å². The first-order valence-electron chi connectivity index (χ1n) is 12.6. The van der Waals surface area contributed by atoms with Crippen molar-refractivity contribution < 1.29 is 19.4 Å². The summed E-state index contributed by atoms with van der Waals surface area (Å²) < 4.78 is 5.44. The van der Waals surface area contributed by atoms with E-state index in [0.29, 0.717) is 32.6 Å². The molecule has 0 radical (unpaired) electrons. The molecule has 2 unspecified atom stereocenters. The molecule has 2 rings (SSSR count). The summed E-state index contributed by atoms with van der Waals surface area (Å²) in [5, 5.41) is 15.7. The van der Waals surface area contributed by atoms with Gasteiger partial charge in [-0.25, -0.2) is 14.6 Å². The van der Waals surface area contributed by atoms with Crippen LogP contribution in [0.5, 0.6) is 0 Å². The number of amides is 2. The number of ether oxygens (including phenoxy) is 1. The molecule has 34 heavy (non-hydrogen) atoms. The molecule has 0 saturated heterocycles. The van der Waals surface area contributed by atoms with Gasteiger partial charge in [-0.3, -0.25) is 0 Å².